The van der Waals surface area contributed by atoms with Crippen molar-refractivity contribution in [1.29, 1.82) is 0 Å². The van der Waals surface area contributed by atoms with Crippen molar-refractivity contribution >= 4 is 11.6 Å². The number of hydrogen-bond donors (Lipinski definition) is 2. The molecule has 1 fully saturated rings. The van der Waals surface area contributed by atoms with Crippen LogP contribution in [0.2, 0.25) is 0 Å². The summed E-state index contributed by atoms with van der Waals surface area (Å²) in [6, 6.07) is 7.53. The first-order valence-electron chi connectivity index (χ1n) is 7.27. The third-order valence-electron chi connectivity index (χ3n) is 3.56. The smallest absolute Gasteiger partial charge is 0.224 e. The molecular weight excluding hydrogens is 250 g/mol. The number of aliphatic hydroxyl groups excluding tert-OH is 1. The third kappa shape index (κ3) is 4.71. The summed E-state index contributed by atoms with van der Waals surface area (Å²) in [6.45, 7) is 0.0742. The second-order valence-electron chi connectivity index (χ2n) is 5.26. The molecule has 2 rings (SSSR count). The van der Waals surface area contributed by atoms with E-state index in [1.807, 2.05) is 24.3 Å². The molecule has 0 unspecified atom stereocenters. The van der Waals surface area contributed by atoms with Gasteiger partial charge in [-0.3, -0.25) is 4.79 Å². The van der Waals surface area contributed by atoms with Crippen molar-refractivity contribution < 1.29 is 9.90 Å². The highest BCUT2D eigenvalue weighted by Gasteiger charge is 2.18. The van der Waals surface area contributed by atoms with Gasteiger partial charge in [0.25, 0.3) is 0 Å². The molecule has 0 spiro atoms. The van der Waals surface area contributed by atoms with Crippen LogP contribution >= 0.6 is 0 Å². The summed E-state index contributed by atoms with van der Waals surface area (Å²) in [5.41, 5.74) is 1.65. The fourth-order valence-corrected chi connectivity index (χ4v) is 2.58. The Labute approximate surface area is 120 Å². The van der Waals surface area contributed by atoms with E-state index in [0.29, 0.717) is 18.8 Å². The van der Waals surface area contributed by atoms with E-state index in [1.165, 1.54) is 25.7 Å². The molecule has 0 heterocycles. The van der Waals surface area contributed by atoms with Gasteiger partial charge in [-0.25, -0.2) is 0 Å². The standard InChI is InChI=1S/C17H21NO2/c19-11-4-3-8-14-9-5-10-16(12-14)18-17(20)13-15-6-1-2-7-15/h5,9-10,12,15,19H,1-2,4,6-7,11,13H2,(H,18,20). The maximum atomic E-state index is 12.0. The summed E-state index contributed by atoms with van der Waals surface area (Å²) >= 11 is 0. The van der Waals surface area contributed by atoms with Gasteiger partial charge in [-0.2, -0.15) is 0 Å². The van der Waals surface area contributed by atoms with Crippen molar-refractivity contribution in [3.8, 4) is 11.8 Å². The quantitative estimate of drug-likeness (QED) is 0.827. The maximum absolute atomic E-state index is 12.0. The molecule has 1 amide bonds. The van der Waals surface area contributed by atoms with E-state index >= 15 is 0 Å². The highest BCUT2D eigenvalue weighted by atomic mass is 16.2. The minimum Gasteiger partial charge on any atom is -0.395 e. The van der Waals surface area contributed by atoms with Gasteiger partial charge in [0.05, 0.1) is 6.61 Å². The van der Waals surface area contributed by atoms with Crippen molar-refractivity contribution in [2.75, 3.05) is 11.9 Å². The summed E-state index contributed by atoms with van der Waals surface area (Å²) in [5, 5.41) is 11.6. The van der Waals surface area contributed by atoms with E-state index in [2.05, 4.69) is 17.2 Å². The summed E-state index contributed by atoms with van der Waals surface area (Å²) in [6.07, 6.45) is 5.97. The Hall–Kier alpha value is -1.79. The summed E-state index contributed by atoms with van der Waals surface area (Å²) in [5.74, 6) is 6.50. The molecule has 3 heteroatoms. The van der Waals surface area contributed by atoms with Gasteiger partial charge >= 0.3 is 0 Å². The molecular formula is C17H21NO2. The van der Waals surface area contributed by atoms with Gasteiger partial charge in [-0.05, 0) is 37.0 Å². The molecule has 20 heavy (non-hydrogen) atoms. The molecule has 0 atom stereocenters. The van der Waals surface area contributed by atoms with Gasteiger partial charge < -0.3 is 10.4 Å². The lowest BCUT2D eigenvalue weighted by atomic mass is 10.0. The van der Waals surface area contributed by atoms with Crippen molar-refractivity contribution in [3.63, 3.8) is 0 Å². The van der Waals surface area contributed by atoms with Crippen LogP contribution in [0.15, 0.2) is 24.3 Å². The number of amides is 1. The number of anilines is 1. The highest BCUT2D eigenvalue weighted by molar-refractivity contribution is 5.91. The second-order valence-corrected chi connectivity index (χ2v) is 5.26. The van der Waals surface area contributed by atoms with Crippen LogP contribution < -0.4 is 5.32 Å². The van der Waals surface area contributed by atoms with E-state index in [0.717, 1.165) is 11.3 Å². The Morgan fingerprint density at radius 2 is 2.15 bits per heavy atom. The van der Waals surface area contributed by atoms with E-state index in [9.17, 15) is 4.79 Å². The van der Waals surface area contributed by atoms with Crippen LogP contribution in [0.25, 0.3) is 0 Å². The molecule has 1 saturated carbocycles. The van der Waals surface area contributed by atoms with Crippen LogP contribution in [0, 0.1) is 17.8 Å². The van der Waals surface area contributed by atoms with Gasteiger partial charge in [0.1, 0.15) is 0 Å². The zero-order valence-corrected chi connectivity index (χ0v) is 11.7. The van der Waals surface area contributed by atoms with E-state index < -0.39 is 0 Å². The number of hydrogen-bond acceptors (Lipinski definition) is 2. The normalized spacial score (nSPS) is 14.7. The lowest BCUT2D eigenvalue weighted by Crippen LogP contribution is -2.15. The second kappa shape index (κ2) is 7.72. The number of benzene rings is 1. The average Bonchev–Trinajstić information content (AvgIpc) is 2.92. The van der Waals surface area contributed by atoms with Crippen LogP contribution in [0.1, 0.15) is 44.1 Å². The topological polar surface area (TPSA) is 49.3 Å². The van der Waals surface area contributed by atoms with E-state index in [4.69, 9.17) is 5.11 Å². The zero-order chi connectivity index (χ0) is 14.2. The van der Waals surface area contributed by atoms with E-state index in [-0.39, 0.29) is 12.5 Å². The lowest BCUT2D eigenvalue weighted by molar-refractivity contribution is -0.117. The molecule has 1 aliphatic carbocycles. The van der Waals surface area contributed by atoms with Crippen molar-refractivity contribution in [2.24, 2.45) is 5.92 Å². The number of carbonyl (C=O) groups excluding carboxylic acids is 1. The largest absolute Gasteiger partial charge is 0.395 e. The van der Waals surface area contributed by atoms with Gasteiger partial charge in [0.15, 0.2) is 0 Å². The molecule has 1 aliphatic rings. The van der Waals surface area contributed by atoms with Crippen molar-refractivity contribution in [1.82, 2.24) is 0 Å². The monoisotopic (exact) mass is 271 g/mol. The molecule has 1 aromatic carbocycles. The molecule has 0 saturated heterocycles. The Morgan fingerprint density at radius 1 is 1.35 bits per heavy atom. The molecule has 106 valence electrons. The van der Waals surface area contributed by atoms with Crippen LogP contribution in [0.4, 0.5) is 5.69 Å². The van der Waals surface area contributed by atoms with Gasteiger partial charge in [0, 0.05) is 24.1 Å². The lowest BCUT2D eigenvalue weighted by Gasteiger charge is -2.09. The Kier molecular flexibility index (Phi) is 5.64. The molecule has 0 radical (unpaired) electrons. The van der Waals surface area contributed by atoms with Crippen LogP contribution in [-0.4, -0.2) is 17.6 Å². The van der Waals surface area contributed by atoms with Gasteiger partial charge in [-0.1, -0.05) is 30.7 Å². The molecule has 0 aromatic heterocycles. The Bertz CT molecular complexity index is 507. The summed E-state index contributed by atoms with van der Waals surface area (Å²) in [7, 11) is 0. The highest BCUT2D eigenvalue weighted by Crippen LogP contribution is 2.27. The number of carbonyl (C=O) groups is 1. The zero-order valence-electron chi connectivity index (χ0n) is 11.7. The van der Waals surface area contributed by atoms with Crippen molar-refractivity contribution in [2.45, 2.75) is 38.5 Å². The third-order valence-corrected chi connectivity index (χ3v) is 3.56. The SMILES string of the molecule is O=C(CC1CCCC1)Nc1cccc(C#CCCO)c1. The van der Waals surface area contributed by atoms with Crippen LogP contribution in [-0.2, 0) is 4.79 Å². The fraction of sp³-hybridized carbons (Fsp3) is 0.471. The first-order chi connectivity index (χ1) is 9.78. The predicted molar refractivity (Wildman–Crippen MR) is 80.2 cm³/mol. The minimum absolute atomic E-state index is 0.0742. The molecule has 0 bridgehead atoms. The minimum atomic E-state index is 0.0742. The first kappa shape index (κ1) is 14.6. The Balaban J connectivity index is 1.90. The number of nitrogens with one attached hydrogen (secondary N) is 1. The van der Waals surface area contributed by atoms with E-state index in [1.54, 1.807) is 0 Å². The van der Waals surface area contributed by atoms with Gasteiger partial charge in [0.2, 0.25) is 5.91 Å². The number of aliphatic hydroxyl groups is 1. The first-order valence-corrected chi connectivity index (χ1v) is 7.27. The number of rotatable bonds is 4. The average molecular weight is 271 g/mol. The van der Waals surface area contributed by atoms with Crippen molar-refractivity contribution in [3.05, 3.63) is 29.8 Å². The predicted octanol–water partition coefficient (Wildman–Crippen LogP) is 2.94. The molecule has 1 aromatic rings. The molecule has 3 nitrogen and oxygen atoms in total. The fourth-order valence-electron chi connectivity index (χ4n) is 2.58. The maximum Gasteiger partial charge on any atom is 0.224 e. The summed E-state index contributed by atoms with van der Waals surface area (Å²) in [4.78, 5) is 12.0. The van der Waals surface area contributed by atoms with Crippen LogP contribution in [0.5, 0.6) is 0 Å². The van der Waals surface area contributed by atoms with Crippen LogP contribution in [0.3, 0.4) is 0 Å². The Morgan fingerprint density at radius 3 is 2.90 bits per heavy atom. The molecule has 0 aliphatic heterocycles. The van der Waals surface area contributed by atoms with Gasteiger partial charge in [-0.15, -0.1) is 0 Å². The summed E-state index contributed by atoms with van der Waals surface area (Å²) < 4.78 is 0. The molecule has 2 N–H and O–H groups in total.